The molecule has 0 spiro atoms. The van der Waals surface area contributed by atoms with Crippen molar-refractivity contribution in [2.45, 2.75) is 6.42 Å². The fourth-order valence-electron chi connectivity index (χ4n) is 13.8. The number of rotatable bonds is 10. The Kier molecular flexibility index (Phi) is 12.0. The SMILES string of the molecule is c1ccc(-c2ccccc2-c2ccc3oc4c(-c5ccc6c(c5)-c5cc(-c7cc(-c8ccccc8-c8ccccc8)cc8c7oc7ccc(-c9ccccc9-c9ccccc9)cc78)ccc5C6)cc(-c5ccccc5-c5ccccc5)cc4c3c2)cc1. The van der Waals surface area contributed by atoms with Gasteiger partial charge in [0.1, 0.15) is 22.3 Å². The van der Waals surface area contributed by atoms with Gasteiger partial charge in [-0.1, -0.05) is 255 Å². The van der Waals surface area contributed by atoms with Gasteiger partial charge in [0, 0.05) is 32.7 Å². The first-order valence-electron chi connectivity index (χ1n) is 30.0. The maximum atomic E-state index is 7.11. The van der Waals surface area contributed by atoms with Crippen molar-refractivity contribution in [1.29, 1.82) is 0 Å². The Labute approximate surface area is 505 Å². The average Bonchev–Trinajstić information content (AvgIpc) is 2.07. The lowest BCUT2D eigenvalue weighted by molar-refractivity contribution is 0.669. The fraction of sp³-hybridized carbons (Fsp3) is 0.0118. The number of hydrogen-bond acceptors (Lipinski definition) is 2. The first-order chi connectivity index (χ1) is 43.1. The lowest BCUT2D eigenvalue weighted by Crippen LogP contribution is -1.89. The van der Waals surface area contributed by atoms with Crippen LogP contribution in [0.1, 0.15) is 11.1 Å². The highest BCUT2D eigenvalue weighted by molar-refractivity contribution is 6.15. The van der Waals surface area contributed by atoms with Gasteiger partial charge in [0.05, 0.1) is 0 Å². The summed E-state index contributed by atoms with van der Waals surface area (Å²) in [7, 11) is 0. The second-order valence-electron chi connectivity index (χ2n) is 23.0. The van der Waals surface area contributed by atoms with Crippen molar-refractivity contribution in [2.75, 3.05) is 0 Å². The largest absolute Gasteiger partial charge is 0.455 e. The summed E-state index contributed by atoms with van der Waals surface area (Å²) in [6, 6.07) is 115. The molecule has 0 bridgehead atoms. The maximum Gasteiger partial charge on any atom is 0.143 e. The third-order valence-corrected chi connectivity index (χ3v) is 17.9. The summed E-state index contributed by atoms with van der Waals surface area (Å²) in [5, 5.41) is 4.33. The van der Waals surface area contributed by atoms with Crippen LogP contribution in [0.3, 0.4) is 0 Å². The molecule has 0 unspecified atom stereocenters. The lowest BCUT2D eigenvalue weighted by Gasteiger charge is -2.14. The molecule has 0 fully saturated rings. The monoisotopic (exact) mass is 1110 g/mol. The van der Waals surface area contributed by atoms with Gasteiger partial charge in [-0.15, -0.1) is 0 Å². The average molecular weight is 1110 g/mol. The van der Waals surface area contributed by atoms with E-state index in [9.17, 15) is 0 Å². The van der Waals surface area contributed by atoms with Gasteiger partial charge in [-0.05, 0) is 189 Å². The number of furan rings is 2. The summed E-state index contributed by atoms with van der Waals surface area (Å²) in [6.07, 6.45) is 0.848. The van der Waals surface area contributed by atoms with Gasteiger partial charge in [0.15, 0.2) is 0 Å². The molecule has 1 aliphatic rings. The molecular weight excluding hydrogens is 1050 g/mol. The zero-order chi connectivity index (χ0) is 57.4. The van der Waals surface area contributed by atoms with E-state index in [2.05, 4.69) is 315 Å². The van der Waals surface area contributed by atoms with Crippen molar-refractivity contribution in [3.63, 3.8) is 0 Å². The molecule has 2 nitrogen and oxygen atoms in total. The molecule has 0 saturated carbocycles. The predicted octanol–water partition coefficient (Wildman–Crippen LogP) is 23.7. The van der Waals surface area contributed by atoms with Crippen LogP contribution in [0, 0.1) is 0 Å². The van der Waals surface area contributed by atoms with Crippen LogP contribution in [0.2, 0.25) is 0 Å². The van der Waals surface area contributed by atoms with Crippen LogP contribution in [0.4, 0.5) is 0 Å². The lowest BCUT2D eigenvalue weighted by atomic mass is 9.89. The normalized spacial score (nSPS) is 11.9. The third-order valence-electron chi connectivity index (χ3n) is 17.9. The van der Waals surface area contributed by atoms with Gasteiger partial charge in [-0.2, -0.15) is 0 Å². The smallest absolute Gasteiger partial charge is 0.143 e. The quantitative estimate of drug-likeness (QED) is 0.136. The summed E-state index contributed by atoms with van der Waals surface area (Å²) < 4.78 is 14.2. The van der Waals surface area contributed by atoms with E-state index in [-0.39, 0.29) is 0 Å². The summed E-state index contributed by atoms with van der Waals surface area (Å²) in [6.45, 7) is 0. The minimum Gasteiger partial charge on any atom is -0.455 e. The van der Waals surface area contributed by atoms with Gasteiger partial charge in [-0.25, -0.2) is 0 Å². The molecule has 0 N–H and O–H groups in total. The summed E-state index contributed by atoms with van der Waals surface area (Å²) in [5.41, 5.74) is 31.6. The molecule has 2 heterocycles. The van der Waals surface area contributed by atoms with E-state index in [1.165, 1.54) is 89.0 Å². The molecule has 87 heavy (non-hydrogen) atoms. The van der Waals surface area contributed by atoms with E-state index in [4.69, 9.17) is 8.83 Å². The number of fused-ring (bicyclic) bond motifs is 9. The minimum atomic E-state index is 0.848. The molecule has 17 rings (SSSR count). The highest BCUT2D eigenvalue weighted by atomic mass is 16.3. The van der Waals surface area contributed by atoms with Gasteiger partial charge in [-0.3, -0.25) is 0 Å². The third kappa shape index (κ3) is 8.72. The Morgan fingerprint density at radius 1 is 0.172 bits per heavy atom. The molecule has 0 atom stereocenters. The van der Waals surface area contributed by atoms with Crippen LogP contribution in [-0.4, -0.2) is 0 Å². The van der Waals surface area contributed by atoms with Crippen LogP contribution in [0.25, 0.3) is 166 Å². The van der Waals surface area contributed by atoms with Crippen LogP contribution >= 0.6 is 0 Å². The molecule has 0 radical (unpaired) electrons. The zero-order valence-corrected chi connectivity index (χ0v) is 47.5. The maximum absolute atomic E-state index is 7.11. The Bertz CT molecular complexity index is 5000. The molecule has 406 valence electrons. The summed E-state index contributed by atoms with van der Waals surface area (Å²) in [4.78, 5) is 0. The molecule has 0 saturated heterocycles. The highest BCUT2D eigenvalue weighted by Crippen LogP contribution is 2.49. The summed E-state index contributed by atoms with van der Waals surface area (Å²) in [5.74, 6) is 0. The van der Waals surface area contributed by atoms with Gasteiger partial charge in [0.2, 0.25) is 0 Å². The van der Waals surface area contributed by atoms with Gasteiger partial charge < -0.3 is 8.83 Å². The number of benzene rings is 14. The standard InChI is InChI=1S/C85H54O2/c1-5-21-54(22-6-1)66-29-13-17-33-70(66)60-41-43-82-78(48-60)80-52-64(72-35-19-15-31-68(72)56-25-9-3-10-26-56)50-76(84(80)86-82)62-39-37-58-45-59-38-40-63(47-75(59)74(58)46-62)77-51-65(73-36-20-16-32-69(73)57-27-11-4-12-28-57)53-81-79-49-61(42-44-83(79)87-85(77)81)71-34-18-14-30-67(71)55-23-7-2-8-24-55/h1-44,46-53H,45H2. The van der Waals surface area contributed by atoms with Crippen molar-refractivity contribution in [3.05, 3.63) is 327 Å². The molecule has 16 aromatic rings. The van der Waals surface area contributed by atoms with E-state index in [1.807, 2.05) is 0 Å². The topological polar surface area (TPSA) is 26.3 Å². The van der Waals surface area contributed by atoms with E-state index in [1.54, 1.807) is 0 Å². The second kappa shape index (κ2) is 20.8. The van der Waals surface area contributed by atoms with E-state index < -0.39 is 0 Å². The van der Waals surface area contributed by atoms with Crippen LogP contribution in [0.15, 0.2) is 324 Å². The molecule has 1 aliphatic carbocycles. The number of hydrogen-bond donors (Lipinski definition) is 0. The first-order valence-corrected chi connectivity index (χ1v) is 30.0. The molecule has 2 aromatic heterocycles. The van der Waals surface area contributed by atoms with Crippen LogP contribution < -0.4 is 0 Å². The van der Waals surface area contributed by atoms with E-state index in [0.717, 1.165) is 94.8 Å². The zero-order valence-electron chi connectivity index (χ0n) is 47.5. The molecule has 14 aromatic carbocycles. The van der Waals surface area contributed by atoms with Crippen molar-refractivity contribution >= 4 is 43.9 Å². The van der Waals surface area contributed by atoms with Crippen molar-refractivity contribution in [2.24, 2.45) is 0 Å². The Balaban J connectivity index is 0.840. The van der Waals surface area contributed by atoms with Crippen molar-refractivity contribution < 1.29 is 8.83 Å². The molecule has 0 amide bonds. The molecular formula is C85H54O2. The minimum absolute atomic E-state index is 0.848. The van der Waals surface area contributed by atoms with Gasteiger partial charge >= 0.3 is 0 Å². The van der Waals surface area contributed by atoms with E-state index >= 15 is 0 Å². The molecule has 0 aliphatic heterocycles. The Hall–Kier alpha value is -11.3. The Morgan fingerprint density at radius 3 is 0.759 bits per heavy atom. The van der Waals surface area contributed by atoms with Crippen molar-refractivity contribution in [1.82, 2.24) is 0 Å². The van der Waals surface area contributed by atoms with Crippen LogP contribution in [0.5, 0.6) is 0 Å². The molecule has 2 heteroatoms. The van der Waals surface area contributed by atoms with Crippen LogP contribution in [-0.2, 0) is 6.42 Å². The highest BCUT2D eigenvalue weighted by Gasteiger charge is 2.25. The van der Waals surface area contributed by atoms with E-state index in [0.29, 0.717) is 0 Å². The second-order valence-corrected chi connectivity index (χ2v) is 23.0. The fourth-order valence-corrected chi connectivity index (χ4v) is 13.8. The Morgan fingerprint density at radius 2 is 0.425 bits per heavy atom. The van der Waals surface area contributed by atoms with Gasteiger partial charge in [0.25, 0.3) is 0 Å². The van der Waals surface area contributed by atoms with Crippen molar-refractivity contribution in [3.8, 4) is 122 Å². The summed E-state index contributed by atoms with van der Waals surface area (Å²) >= 11 is 0. The first kappa shape index (κ1) is 50.2. The predicted molar refractivity (Wildman–Crippen MR) is 364 cm³/mol.